The van der Waals surface area contributed by atoms with Crippen LogP contribution in [0.15, 0.2) is 37.1 Å². The second-order valence-electron chi connectivity index (χ2n) is 6.44. The van der Waals surface area contributed by atoms with Crippen molar-refractivity contribution in [2.24, 2.45) is 7.05 Å². The van der Waals surface area contributed by atoms with Gasteiger partial charge in [0.25, 0.3) is 0 Å². The van der Waals surface area contributed by atoms with Crippen molar-refractivity contribution < 1.29 is 4.39 Å². The SMILES string of the molecule is Cn1cc(-c2cn3nccc3c(-c3cn(C4CCC4)nc3F)n2)cn1. The zero-order chi connectivity index (χ0) is 17.0. The Labute approximate surface area is 142 Å². The van der Waals surface area contributed by atoms with Gasteiger partial charge in [0, 0.05) is 25.0 Å². The highest BCUT2D eigenvalue weighted by molar-refractivity contribution is 5.78. The van der Waals surface area contributed by atoms with Crippen molar-refractivity contribution in [1.82, 2.24) is 34.2 Å². The minimum Gasteiger partial charge on any atom is -0.275 e. The quantitative estimate of drug-likeness (QED) is 0.576. The van der Waals surface area contributed by atoms with Crippen molar-refractivity contribution in [3.8, 4) is 22.5 Å². The van der Waals surface area contributed by atoms with Gasteiger partial charge in [-0.1, -0.05) is 0 Å². The predicted molar refractivity (Wildman–Crippen MR) is 89.3 cm³/mol. The highest BCUT2D eigenvalue weighted by Gasteiger charge is 2.24. The summed E-state index contributed by atoms with van der Waals surface area (Å²) in [7, 11) is 1.85. The van der Waals surface area contributed by atoms with Crippen molar-refractivity contribution in [1.29, 1.82) is 0 Å². The lowest BCUT2D eigenvalue weighted by atomic mass is 9.93. The summed E-state index contributed by atoms with van der Waals surface area (Å²) in [5, 5.41) is 12.6. The van der Waals surface area contributed by atoms with Gasteiger partial charge in [-0.15, -0.1) is 5.10 Å². The molecular formula is C17H16FN7. The fourth-order valence-electron chi connectivity index (χ4n) is 3.18. The van der Waals surface area contributed by atoms with Gasteiger partial charge in [0.15, 0.2) is 0 Å². The summed E-state index contributed by atoms with van der Waals surface area (Å²) in [6, 6.07) is 2.13. The number of fused-ring (bicyclic) bond motifs is 1. The van der Waals surface area contributed by atoms with Crippen LogP contribution in [-0.2, 0) is 7.05 Å². The summed E-state index contributed by atoms with van der Waals surface area (Å²) >= 11 is 0. The second kappa shape index (κ2) is 5.23. The number of aryl methyl sites for hydroxylation is 1. The molecule has 7 nitrogen and oxygen atoms in total. The first-order valence-electron chi connectivity index (χ1n) is 8.27. The molecule has 126 valence electrons. The van der Waals surface area contributed by atoms with E-state index in [1.165, 1.54) is 6.42 Å². The topological polar surface area (TPSA) is 65.8 Å². The van der Waals surface area contributed by atoms with Gasteiger partial charge in [-0.2, -0.15) is 14.6 Å². The first-order chi connectivity index (χ1) is 12.2. The maximum atomic E-state index is 14.6. The number of hydrogen-bond acceptors (Lipinski definition) is 4. The van der Waals surface area contributed by atoms with Gasteiger partial charge in [0.2, 0.25) is 5.95 Å². The van der Waals surface area contributed by atoms with E-state index >= 15 is 0 Å². The summed E-state index contributed by atoms with van der Waals surface area (Å²) in [5.74, 6) is -0.495. The van der Waals surface area contributed by atoms with Crippen LogP contribution >= 0.6 is 0 Å². The molecule has 4 aromatic heterocycles. The zero-order valence-corrected chi connectivity index (χ0v) is 13.7. The maximum absolute atomic E-state index is 14.6. The smallest absolute Gasteiger partial charge is 0.242 e. The highest BCUT2D eigenvalue weighted by atomic mass is 19.1. The molecule has 0 aliphatic heterocycles. The van der Waals surface area contributed by atoms with Gasteiger partial charge in [-0.05, 0) is 25.3 Å². The standard InChI is InChI=1S/C17H16FN7/c1-23-8-11(7-20-23)14-10-25-15(5-6-19-25)16(21-14)13-9-24(22-17(13)18)12-3-2-4-12/h5-10,12H,2-4H2,1H3. The fourth-order valence-corrected chi connectivity index (χ4v) is 3.18. The molecule has 0 saturated heterocycles. The van der Waals surface area contributed by atoms with Crippen LogP contribution in [0.4, 0.5) is 4.39 Å². The molecule has 0 spiro atoms. The molecule has 0 radical (unpaired) electrons. The Morgan fingerprint density at radius 3 is 2.76 bits per heavy atom. The van der Waals surface area contributed by atoms with Crippen molar-refractivity contribution in [2.75, 3.05) is 0 Å². The van der Waals surface area contributed by atoms with E-state index in [0.717, 1.165) is 23.9 Å². The molecule has 0 N–H and O–H groups in total. The minimum absolute atomic E-state index is 0.297. The Hall–Kier alpha value is -3.03. The summed E-state index contributed by atoms with van der Waals surface area (Å²) in [5.41, 5.74) is 3.24. The molecule has 0 aromatic carbocycles. The lowest BCUT2D eigenvalue weighted by molar-refractivity contribution is 0.283. The van der Waals surface area contributed by atoms with Gasteiger partial charge in [-0.25, -0.2) is 9.50 Å². The van der Waals surface area contributed by atoms with Gasteiger partial charge in [-0.3, -0.25) is 9.36 Å². The van der Waals surface area contributed by atoms with Crippen LogP contribution in [-0.4, -0.2) is 34.2 Å². The Kier molecular flexibility index (Phi) is 3.00. The lowest BCUT2D eigenvalue weighted by Crippen LogP contribution is -2.17. The number of nitrogens with zero attached hydrogens (tertiary/aromatic N) is 7. The molecule has 0 atom stereocenters. The van der Waals surface area contributed by atoms with Crippen LogP contribution in [0.2, 0.25) is 0 Å². The van der Waals surface area contributed by atoms with Gasteiger partial charge in [0.05, 0.1) is 41.4 Å². The van der Waals surface area contributed by atoms with E-state index in [2.05, 4.69) is 15.3 Å². The summed E-state index contributed by atoms with van der Waals surface area (Å²) < 4.78 is 19.7. The van der Waals surface area contributed by atoms with E-state index in [9.17, 15) is 4.39 Å². The van der Waals surface area contributed by atoms with Gasteiger partial charge >= 0.3 is 0 Å². The Balaban J connectivity index is 1.69. The molecule has 8 heteroatoms. The first-order valence-corrected chi connectivity index (χ1v) is 8.27. The fraction of sp³-hybridized carbons (Fsp3) is 0.294. The predicted octanol–water partition coefficient (Wildman–Crippen LogP) is 2.86. The third-order valence-corrected chi connectivity index (χ3v) is 4.78. The van der Waals surface area contributed by atoms with Crippen LogP contribution in [0.3, 0.4) is 0 Å². The zero-order valence-electron chi connectivity index (χ0n) is 13.7. The average Bonchev–Trinajstić information content (AvgIpc) is 3.24. The van der Waals surface area contributed by atoms with Gasteiger partial charge < -0.3 is 0 Å². The summed E-state index contributed by atoms with van der Waals surface area (Å²) in [6.07, 6.45) is 12.1. The monoisotopic (exact) mass is 337 g/mol. The molecule has 1 fully saturated rings. The molecule has 1 saturated carbocycles. The van der Waals surface area contributed by atoms with Crippen molar-refractivity contribution in [2.45, 2.75) is 25.3 Å². The third kappa shape index (κ3) is 2.25. The number of halogens is 1. The average molecular weight is 337 g/mol. The highest BCUT2D eigenvalue weighted by Crippen LogP contribution is 2.34. The van der Waals surface area contributed by atoms with Crippen molar-refractivity contribution in [3.63, 3.8) is 0 Å². The van der Waals surface area contributed by atoms with Crippen LogP contribution < -0.4 is 0 Å². The van der Waals surface area contributed by atoms with Crippen LogP contribution in [0.1, 0.15) is 25.3 Å². The Morgan fingerprint density at radius 2 is 2.04 bits per heavy atom. The summed E-state index contributed by atoms with van der Waals surface area (Å²) in [4.78, 5) is 4.70. The Bertz CT molecular complexity index is 1070. The number of rotatable bonds is 3. The molecule has 25 heavy (non-hydrogen) atoms. The van der Waals surface area contributed by atoms with E-state index in [4.69, 9.17) is 4.98 Å². The molecule has 1 aliphatic carbocycles. The van der Waals surface area contributed by atoms with E-state index in [-0.39, 0.29) is 0 Å². The van der Waals surface area contributed by atoms with Crippen LogP contribution in [0, 0.1) is 5.95 Å². The van der Waals surface area contributed by atoms with Crippen LogP contribution in [0.25, 0.3) is 28.0 Å². The van der Waals surface area contributed by atoms with Crippen molar-refractivity contribution >= 4 is 5.52 Å². The minimum atomic E-state index is -0.495. The van der Waals surface area contributed by atoms with E-state index < -0.39 is 5.95 Å². The lowest BCUT2D eigenvalue weighted by Gasteiger charge is -2.25. The number of aromatic nitrogens is 7. The molecule has 1 aliphatic rings. The third-order valence-electron chi connectivity index (χ3n) is 4.78. The summed E-state index contributed by atoms with van der Waals surface area (Å²) in [6.45, 7) is 0. The molecule has 5 rings (SSSR count). The number of hydrogen-bond donors (Lipinski definition) is 0. The molecular weight excluding hydrogens is 321 g/mol. The van der Waals surface area contributed by atoms with E-state index in [0.29, 0.717) is 23.0 Å². The van der Waals surface area contributed by atoms with E-state index in [1.54, 1.807) is 32.5 Å². The second-order valence-corrected chi connectivity index (χ2v) is 6.44. The van der Waals surface area contributed by atoms with Crippen molar-refractivity contribution in [3.05, 3.63) is 43.0 Å². The largest absolute Gasteiger partial charge is 0.275 e. The molecule has 0 bridgehead atoms. The van der Waals surface area contributed by atoms with Gasteiger partial charge in [0.1, 0.15) is 5.69 Å². The Morgan fingerprint density at radius 1 is 1.16 bits per heavy atom. The molecule has 4 aromatic rings. The molecule has 0 unspecified atom stereocenters. The normalized spacial score (nSPS) is 15.0. The maximum Gasteiger partial charge on any atom is 0.242 e. The molecule has 0 amide bonds. The first kappa shape index (κ1) is 14.3. The van der Waals surface area contributed by atoms with Crippen LogP contribution in [0.5, 0.6) is 0 Å². The molecule has 4 heterocycles. The van der Waals surface area contributed by atoms with E-state index in [1.807, 2.05) is 25.5 Å².